The van der Waals surface area contributed by atoms with Gasteiger partial charge in [-0.25, -0.2) is 4.57 Å². The second-order valence-corrected chi connectivity index (χ2v) is 13.5. The number of esters is 1. The van der Waals surface area contributed by atoms with Crippen molar-refractivity contribution < 1.29 is 32.8 Å². The summed E-state index contributed by atoms with van der Waals surface area (Å²) in [5.74, 6) is -0.395. The van der Waals surface area contributed by atoms with E-state index in [0.717, 1.165) is 77.0 Å². The maximum Gasteiger partial charge on any atom is 0.472 e. The highest BCUT2D eigenvalue weighted by Crippen LogP contribution is 2.43. The molecule has 0 saturated carbocycles. The van der Waals surface area contributed by atoms with Gasteiger partial charge in [0.25, 0.3) is 0 Å². The predicted octanol–water partition coefficient (Wildman–Crippen LogP) is 11.0. The number of hydrogen-bond donors (Lipinski definition) is 2. The Morgan fingerprint density at radius 1 is 0.620 bits per heavy atom. The highest BCUT2D eigenvalue weighted by atomic mass is 31.2. The number of ether oxygens (including phenoxy) is 2. The summed E-state index contributed by atoms with van der Waals surface area (Å²) in [5.41, 5.74) is 5.35. The first-order valence-corrected chi connectivity index (χ1v) is 20.6. The highest BCUT2D eigenvalue weighted by Gasteiger charge is 2.25. The Morgan fingerprint density at radius 3 is 1.68 bits per heavy atom. The molecule has 0 bridgehead atoms. The Morgan fingerprint density at radius 2 is 1.12 bits per heavy atom. The third kappa shape index (κ3) is 36.9. The van der Waals surface area contributed by atoms with Crippen LogP contribution in [0.4, 0.5) is 0 Å². The molecule has 0 aliphatic heterocycles. The summed E-state index contributed by atoms with van der Waals surface area (Å²) < 4.78 is 33.2. The summed E-state index contributed by atoms with van der Waals surface area (Å²) in [6, 6.07) is 0. The van der Waals surface area contributed by atoms with E-state index >= 15 is 0 Å². The molecule has 2 atom stereocenters. The van der Waals surface area contributed by atoms with Crippen molar-refractivity contribution >= 4 is 13.8 Å². The third-order valence-corrected chi connectivity index (χ3v) is 8.26. The summed E-state index contributed by atoms with van der Waals surface area (Å²) in [7, 11) is -4.30. The van der Waals surface area contributed by atoms with Crippen LogP contribution in [0.15, 0.2) is 85.1 Å². The molecule has 0 saturated heterocycles. The first-order chi connectivity index (χ1) is 24.4. The van der Waals surface area contributed by atoms with Gasteiger partial charge in [-0.15, -0.1) is 0 Å². The molecule has 2 unspecified atom stereocenters. The van der Waals surface area contributed by atoms with Crippen LogP contribution in [-0.4, -0.2) is 49.9 Å². The van der Waals surface area contributed by atoms with Gasteiger partial charge in [0.1, 0.15) is 6.10 Å². The van der Waals surface area contributed by atoms with Crippen LogP contribution < -0.4 is 5.73 Å². The van der Waals surface area contributed by atoms with Gasteiger partial charge >= 0.3 is 13.8 Å². The number of allylic oxidation sites excluding steroid dienone is 14. The molecule has 0 aromatic heterocycles. The Bertz CT molecular complexity index is 1030. The highest BCUT2D eigenvalue weighted by molar-refractivity contribution is 7.47. The molecule has 0 aliphatic carbocycles. The van der Waals surface area contributed by atoms with E-state index in [1.807, 2.05) is 0 Å². The van der Waals surface area contributed by atoms with Crippen LogP contribution in [0.1, 0.15) is 129 Å². The number of phosphoric ester groups is 1. The maximum atomic E-state index is 12.5. The van der Waals surface area contributed by atoms with E-state index in [-0.39, 0.29) is 32.8 Å². The molecular formula is C41H70NO7P. The second kappa shape index (κ2) is 37.9. The summed E-state index contributed by atoms with van der Waals surface area (Å²) in [5, 5.41) is 0. The van der Waals surface area contributed by atoms with Gasteiger partial charge in [0.05, 0.1) is 19.8 Å². The van der Waals surface area contributed by atoms with Crippen molar-refractivity contribution in [1.29, 1.82) is 0 Å². The number of unbranched alkanes of at least 4 members (excludes halogenated alkanes) is 8. The zero-order valence-electron chi connectivity index (χ0n) is 31.3. The number of hydrogen-bond acceptors (Lipinski definition) is 7. The van der Waals surface area contributed by atoms with Crippen LogP contribution in [0, 0.1) is 0 Å². The fourth-order valence-electron chi connectivity index (χ4n) is 4.54. The molecule has 9 heteroatoms. The Balaban J connectivity index is 4.25. The molecule has 0 aromatic carbocycles. The summed E-state index contributed by atoms with van der Waals surface area (Å²) in [6.45, 7) is 4.60. The SMILES string of the molecule is CC/C=C\C/C=C\C/C=C\C/C=C\C/C=C\CCCC(=O)OC(COCCCCCCCC/C=C\C/C=C\CCC)COP(=O)(O)OCCN. The molecule has 0 fully saturated rings. The summed E-state index contributed by atoms with van der Waals surface area (Å²) in [6.07, 6.45) is 47.5. The van der Waals surface area contributed by atoms with Crippen LogP contribution >= 0.6 is 7.82 Å². The first-order valence-electron chi connectivity index (χ1n) is 19.1. The minimum Gasteiger partial charge on any atom is -0.457 e. The lowest BCUT2D eigenvalue weighted by Crippen LogP contribution is -2.28. The molecular weight excluding hydrogens is 649 g/mol. The van der Waals surface area contributed by atoms with Gasteiger partial charge in [0.2, 0.25) is 0 Å². The smallest absolute Gasteiger partial charge is 0.457 e. The lowest BCUT2D eigenvalue weighted by atomic mass is 10.1. The number of carbonyl (C=O) groups excluding carboxylic acids is 1. The molecule has 0 amide bonds. The third-order valence-electron chi connectivity index (χ3n) is 7.28. The first kappa shape index (κ1) is 47.7. The fraction of sp³-hybridized carbons (Fsp3) is 0.634. The van der Waals surface area contributed by atoms with Crippen molar-refractivity contribution in [3.05, 3.63) is 85.1 Å². The number of rotatable bonds is 35. The monoisotopic (exact) mass is 719 g/mol. The second-order valence-electron chi connectivity index (χ2n) is 12.1. The Hall–Kier alpha value is -2.32. The van der Waals surface area contributed by atoms with Crippen LogP contribution in [0.25, 0.3) is 0 Å². The van der Waals surface area contributed by atoms with Crippen LogP contribution in [0.2, 0.25) is 0 Å². The van der Waals surface area contributed by atoms with Gasteiger partial charge in [-0.3, -0.25) is 13.8 Å². The molecule has 3 N–H and O–H groups in total. The molecule has 286 valence electrons. The van der Waals surface area contributed by atoms with Gasteiger partial charge in [0, 0.05) is 19.6 Å². The normalized spacial score (nSPS) is 14.6. The minimum absolute atomic E-state index is 0.0807. The molecule has 8 nitrogen and oxygen atoms in total. The van der Waals surface area contributed by atoms with Gasteiger partial charge in [0.15, 0.2) is 0 Å². The Kier molecular flexibility index (Phi) is 36.2. The molecule has 0 aromatic rings. The van der Waals surface area contributed by atoms with E-state index < -0.39 is 19.9 Å². The number of phosphoric acid groups is 1. The van der Waals surface area contributed by atoms with Crippen molar-refractivity contribution in [3.63, 3.8) is 0 Å². The van der Waals surface area contributed by atoms with Gasteiger partial charge < -0.3 is 20.1 Å². The average Bonchev–Trinajstić information content (AvgIpc) is 3.10. The van der Waals surface area contributed by atoms with E-state index in [0.29, 0.717) is 13.0 Å². The van der Waals surface area contributed by atoms with E-state index in [1.54, 1.807) is 0 Å². The van der Waals surface area contributed by atoms with Gasteiger partial charge in [-0.05, 0) is 77.0 Å². The molecule has 50 heavy (non-hydrogen) atoms. The average molecular weight is 720 g/mol. The van der Waals surface area contributed by atoms with Crippen LogP contribution in [0.5, 0.6) is 0 Å². The molecule has 0 spiro atoms. The Labute approximate surface area is 305 Å². The van der Waals surface area contributed by atoms with Crippen LogP contribution in [0.3, 0.4) is 0 Å². The zero-order chi connectivity index (χ0) is 36.6. The predicted molar refractivity (Wildman–Crippen MR) is 210 cm³/mol. The molecule has 0 aliphatic rings. The van der Waals surface area contributed by atoms with E-state index in [9.17, 15) is 14.3 Å². The summed E-state index contributed by atoms with van der Waals surface area (Å²) in [4.78, 5) is 22.4. The lowest BCUT2D eigenvalue weighted by molar-refractivity contribution is -0.154. The van der Waals surface area contributed by atoms with Crippen molar-refractivity contribution in [2.75, 3.05) is 33.0 Å². The zero-order valence-corrected chi connectivity index (χ0v) is 32.2. The van der Waals surface area contributed by atoms with Crippen molar-refractivity contribution in [2.24, 2.45) is 5.73 Å². The van der Waals surface area contributed by atoms with Gasteiger partial charge in [-0.1, -0.05) is 131 Å². The molecule has 0 radical (unpaired) electrons. The minimum atomic E-state index is -4.30. The molecule has 0 rings (SSSR count). The van der Waals surface area contributed by atoms with Gasteiger partial charge in [-0.2, -0.15) is 0 Å². The quantitative estimate of drug-likeness (QED) is 0.0288. The van der Waals surface area contributed by atoms with Crippen molar-refractivity contribution in [3.8, 4) is 0 Å². The topological polar surface area (TPSA) is 117 Å². The largest absolute Gasteiger partial charge is 0.472 e. The number of carbonyl (C=O) groups is 1. The lowest BCUT2D eigenvalue weighted by Gasteiger charge is -2.20. The molecule has 0 heterocycles. The van der Waals surface area contributed by atoms with Crippen molar-refractivity contribution in [2.45, 2.75) is 136 Å². The van der Waals surface area contributed by atoms with Crippen LogP contribution in [-0.2, 0) is 27.9 Å². The van der Waals surface area contributed by atoms with E-state index in [2.05, 4.69) is 98.9 Å². The maximum absolute atomic E-state index is 12.5. The standard InChI is InChI=1S/C41H70NO7P/c1-3-5-7-9-11-13-15-17-19-20-21-22-24-26-28-30-32-34-41(43)49-40(39-48-50(44,45)47-37-35-42)38-46-36-33-31-29-27-25-23-18-16-14-12-10-8-6-4-2/h5,7-8,10-11,13-14,16-17,19,21-22,26,28,40H,3-4,6,9,12,15,18,20,23-25,27,29-39,42H2,1-2H3,(H,44,45)/b7-5-,10-8-,13-11-,16-14-,19-17-,22-21-,28-26-. The van der Waals surface area contributed by atoms with Crippen molar-refractivity contribution in [1.82, 2.24) is 0 Å². The van der Waals surface area contributed by atoms with E-state index in [4.69, 9.17) is 24.3 Å². The van der Waals surface area contributed by atoms with E-state index in [1.165, 1.54) is 25.7 Å². The fourth-order valence-corrected chi connectivity index (χ4v) is 5.30. The summed E-state index contributed by atoms with van der Waals surface area (Å²) >= 11 is 0. The number of nitrogens with two attached hydrogens (primary N) is 1.